The highest BCUT2D eigenvalue weighted by Gasteiger charge is 2.46. The number of rotatable bonds is 6. The van der Waals surface area contributed by atoms with Gasteiger partial charge in [-0.3, -0.25) is 14.5 Å². The Bertz CT molecular complexity index is 1040. The number of morpholine rings is 1. The summed E-state index contributed by atoms with van der Waals surface area (Å²) in [7, 11) is 0. The molecule has 0 aromatic heterocycles. The third kappa shape index (κ3) is 4.84. The standard InChI is InChI=1S/C26H29FN2O4/c1-17(2)18-3-5-19(6-4-18)23-22(24(30)20-7-9-21(27)10-8-20)25(31)26(32)29(23)12-11-28-13-15-33-16-14-28/h3-10,17,23,30H,11-16H2,1-2H3/b24-22+/t23-/m1/s1. The number of hydrogen-bond acceptors (Lipinski definition) is 5. The number of hydrogen-bond donors (Lipinski definition) is 1. The lowest BCUT2D eigenvalue weighted by molar-refractivity contribution is -0.140. The quantitative estimate of drug-likeness (QED) is 0.411. The minimum Gasteiger partial charge on any atom is -0.507 e. The lowest BCUT2D eigenvalue weighted by Crippen LogP contribution is -2.42. The van der Waals surface area contributed by atoms with Gasteiger partial charge in [0.25, 0.3) is 11.7 Å². The summed E-state index contributed by atoms with van der Waals surface area (Å²) in [4.78, 5) is 29.9. The minimum absolute atomic E-state index is 0.0332. The van der Waals surface area contributed by atoms with Crippen LogP contribution in [0.1, 0.15) is 42.5 Å². The van der Waals surface area contributed by atoms with E-state index in [1.54, 1.807) is 0 Å². The number of likely N-dealkylation sites (tertiary alicyclic amines) is 1. The van der Waals surface area contributed by atoms with Gasteiger partial charge in [-0.15, -0.1) is 0 Å². The lowest BCUT2D eigenvalue weighted by atomic mass is 9.93. The molecule has 1 N–H and O–H groups in total. The molecule has 33 heavy (non-hydrogen) atoms. The van der Waals surface area contributed by atoms with Crippen LogP contribution < -0.4 is 0 Å². The number of carbonyl (C=O) groups is 2. The van der Waals surface area contributed by atoms with E-state index in [0.29, 0.717) is 37.8 Å². The van der Waals surface area contributed by atoms with Gasteiger partial charge in [0.05, 0.1) is 24.8 Å². The molecule has 0 bridgehead atoms. The normalized spacial score (nSPS) is 21.2. The van der Waals surface area contributed by atoms with Crippen molar-refractivity contribution < 1.29 is 23.8 Å². The van der Waals surface area contributed by atoms with Crippen molar-refractivity contribution in [2.24, 2.45) is 0 Å². The van der Waals surface area contributed by atoms with E-state index in [1.165, 1.54) is 29.2 Å². The van der Waals surface area contributed by atoms with E-state index in [4.69, 9.17) is 4.74 Å². The van der Waals surface area contributed by atoms with Gasteiger partial charge in [-0.1, -0.05) is 38.1 Å². The van der Waals surface area contributed by atoms with Gasteiger partial charge in [-0.05, 0) is 41.3 Å². The van der Waals surface area contributed by atoms with Crippen LogP contribution in [0.5, 0.6) is 0 Å². The van der Waals surface area contributed by atoms with Gasteiger partial charge in [0, 0.05) is 31.7 Å². The van der Waals surface area contributed by atoms with Crippen molar-refractivity contribution >= 4 is 17.4 Å². The van der Waals surface area contributed by atoms with Gasteiger partial charge in [-0.25, -0.2) is 4.39 Å². The molecule has 4 rings (SSSR count). The van der Waals surface area contributed by atoms with Crippen LogP contribution in [-0.4, -0.2) is 66.0 Å². The fraction of sp³-hybridized carbons (Fsp3) is 0.385. The Morgan fingerprint density at radius 1 is 1.03 bits per heavy atom. The molecule has 2 aliphatic rings. The Kier molecular flexibility index (Phi) is 6.91. The SMILES string of the molecule is CC(C)c1ccc([C@@H]2/C(=C(\O)c3ccc(F)cc3)C(=O)C(=O)N2CCN2CCOCC2)cc1. The average Bonchev–Trinajstić information content (AvgIpc) is 3.08. The predicted octanol–water partition coefficient (Wildman–Crippen LogP) is 3.70. The molecule has 1 atom stereocenters. The molecular formula is C26H29FN2O4. The van der Waals surface area contributed by atoms with Crippen molar-refractivity contribution in [3.63, 3.8) is 0 Å². The topological polar surface area (TPSA) is 70.1 Å². The second-order valence-electron chi connectivity index (χ2n) is 8.77. The third-order valence-corrected chi connectivity index (χ3v) is 6.34. The van der Waals surface area contributed by atoms with Crippen LogP contribution in [0.2, 0.25) is 0 Å². The molecule has 2 aromatic rings. The van der Waals surface area contributed by atoms with Crippen LogP contribution in [0.15, 0.2) is 54.1 Å². The monoisotopic (exact) mass is 452 g/mol. The third-order valence-electron chi connectivity index (χ3n) is 6.34. The number of benzene rings is 2. The predicted molar refractivity (Wildman–Crippen MR) is 123 cm³/mol. The Balaban J connectivity index is 1.73. The van der Waals surface area contributed by atoms with Crippen molar-refractivity contribution in [3.05, 3.63) is 76.6 Å². The van der Waals surface area contributed by atoms with Crippen LogP contribution >= 0.6 is 0 Å². The average molecular weight is 453 g/mol. The maximum atomic E-state index is 13.4. The number of ketones is 1. The number of halogens is 1. The zero-order valence-electron chi connectivity index (χ0n) is 19.0. The number of nitrogens with zero attached hydrogens (tertiary/aromatic N) is 2. The Labute approximate surface area is 193 Å². The second-order valence-corrected chi connectivity index (χ2v) is 8.77. The minimum atomic E-state index is -0.725. The molecule has 7 heteroatoms. The Morgan fingerprint density at radius 2 is 1.67 bits per heavy atom. The van der Waals surface area contributed by atoms with Gasteiger partial charge in [-0.2, -0.15) is 0 Å². The summed E-state index contributed by atoms with van der Waals surface area (Å²) in [5, 5.41) is 11.0. The zero-order chi connectivity index (χ0) is 23.5. The first-order chi connectivity index (χ1) is 15.9. The van der Waals surface area contributed by atoms with E-state index in [-0.39, 0.29) is 11.3 Å². The molecular weight excluding hydrogens is 423 g/mol. The smallest absolute Gasteiger partial charge is 0.295 e. The number of aliphatic hydroxyl groups is 1. The van der Waals surface area contributed by atoms with E-state index in [9.17, 15) is 19.1 Å². The van der Waals surface area contributed by atoms with Gasteiger partial charge in [0.15, 0.2) is 0 Å². The fourth-order valence-electron chi connectivity index (χ4n) is 4.36. The highest BCUT2D eigenvalue weighted by atomic mass is 19.1. The highest BCUT2D eigenvalue weighted by molar-refractivity contribution is 6.46. The lowest BCUT2D eigenvalue weighted by Gasteiger charge is -2.31. The van der Waals surface area contributed by atoms with Gasteiger partial charge in [0.1, 0.15) is 11.6 Å². The van der Waals surface area contributed by atoms with Crippen molar-refractivity contribution in [3.8, 4) is 0 Å². The summed E-state index contributed by atoms with van der Waals surface area (Å²) in [6.07, 6.45) is 0. The van der Waals surface area contributed by atoms with E-state index in [0.717, 1.165) is 24.2 Å². The largest absolute Gasteiger partial charge is 0.507 e. The molecule has 1 amide bonds. The van der Waals surface area contributed by atoms with E-state index in [1.807, 2.05) is 24.3 Å². The molecule has 2 aliphatic heterocycles. The number of carbonyl (C=O) groups excluding carboxylic acids is 2. The van der Waals surface area contributed by atoms with E-state index < -0.39 is 23.5 Å². The number of amides is 1. The molecule has 0 spiro atoms. The molecule has 0 aliphatic carbocycles. The first-order valence-corrected chi connectivity index (χ1v) is 11.3. The number of ether oxygens (including phenoxy) is 1. The van der Waals surface area contributed by atoms with Crippen LogP contribution in [0.25, 0.3) is 5.76 Å². The molecule has 174 valence electrons. The fourth-order valence-corrected chi connectivity index (χ4v) is 4.36. The molecule has 2 fully saturated rings. The molecule has 0 saturated carbocycles. The van der Waals surface area contributed by atoms with Crippen molar-refractivity contribution in [2.75, 3.05) is 39.4 Å². The van der Waals surface area contributed by atoms with Crippen LogP contribution in [0, 0.1) is 5.82 Å². The van der Waals surface area contributed by atoms with Crippen molar-refractivity contribution in [2.45, 2.75) is 25.8 Å². The van der Waals surface area contributed by atoms with Crippen LogP contribution in [0.3, 0.4) is 0 Å². The summed E-state index contributed by atoms with van der Waals surface area (Å²) in [6, 6.07) is 12.3. The maximum absolute atomic E-state index is 13.4. The summed E-state index contributed by atoms with van der Waals surface area (Å²) >= 11 is 0. The summed E-state index contributed by atoms with van der Waals surface area (Å²) in [6.45, 7) is 7.97. The molecule has 2 aromatic carbocycles. The van der Waals surface area contributed by atoms with Gasteiger partial charge >= 0.3 is 0 Å². The zero-order valence-corrected chi connectivity index (χ0v) is 19.0. The summed E-state index contributed by atoms with van der Waals surface area (Å²) < 4.78 is 18.8. The van der Waals surface area contributed by atoms with E-state index >= 15 is 0 Å². The highest BCUT2D eigenvalue weighted by Crippen LogP contribution is 2.39. The Morgan fingerprint density at radius 3 is 2.27 bits per heavy atom. The first-order valence-electron chi connectivity index (χ1n) is 11.3. The van der Waals surface area contributed by atoms with Crippen LogP contribution in [-0.2, 0) is 14.3 Å². The summed E-state index contributed by atoms with van der Waals surface area (Å²) in [5.74, 6) is -1.76. The first kappa shape index (κ1) is 23.1. The van der Waals surface area contributed by atoms with Gasteiger partial charge in [0.2, 0.25) is 0 Å². The van der Waals surface area contributed by atoms with Crippen molar-refractivity contribution in [1.29, 1.82) is 0 Å². The molecule has 2 saturated heterocycles. The van der Waals surface area contributed by atoms with Crippen LogP contribution in [0.4, 0.5) is 4.39 Å². The Hall–Kier alpha value is -3.03. The summed E-state index contributed by atoms with van der Waals surface area (Å²) in [5.41, 5.74) is 2.23. The van der Waals surface area contributed by atoms with E-state index in [2.05, 4.69) is 18.7 Å². The van der Waals surface area contributed by atoms with Gasteiger partial charge < -0.3 is 14.7 Å². The molecule has 2 heterocycles. The number of Topliss-reactive ketones (excluding diaryl/α,β-unsaturated/α-hetero) is 1. The molecule has 0 unspecified atom stereocenters. The molecule has 0 radical (unpaired) electrons. The van der Waals surface area contributed by atoms with Crippen molar-refractivity contribution in [1.82, 2.24) is 9.80 Å². The second kappa shape index (κ2) is 9.85. The number of aliphatic hydroxyl groups excluding tert-OH is 1. The maximum Gasteiger partial charge on any atom is 0.295 e. The molecule has 6 nitrogen and oxygen atoms in total.